The van der Waals surface area contributed by atoms with Crippen LogP contribution in [0.25, 0.3) is 0 Å². The van der Waals surface area contributed by atoms with E-state index in [1.165, 1.54) is 43.2 Å². The Kier molecular flexibility index (Phi) is 2.51. The van der Waals surface area contributed by atoms with E-state index in [4.69, 9.17) is 5.73 Å². The van der Waals surface area contributed by atoms with Crippen molar-refractivity contribution in [3.63, 3.8) is 0 Å². The van der Waals surface area contributed by atoms with Crippen molar-refractivity contribution >= 4 is 0 Å². The third-order valence-electron chi connectivity index (χ3n) is 4.35. The molecule has 1 aromatic rings. The molecule has 1 heteroatoms. The molecule has 2 saturated carbocycles. The van der Waals surface area contributed by atoms with Crippen LogP contribution in [0.4, 0.5) is 0 Å². The molecule has 2 N–H and O–H groups in total. The van der Waals surface area contributed by atoms with E-state index in [0.29, 0.717) is 0 Å². The van der Waals surface area contributed by atoms with Gasteiger partial charge in [0.25, 0.3) is 0 Å². The zero-order valence-electron chi connectivity index (χ0n) is 9.91. The van der Waals surface area contributed by atoms with Gasteiger partial charge >= 0.3 is 0 Å². The minimum absolute atomic E-state index is 0.0328. The third kappa shape index (κ3) is 1.89. The van der Waals surface area contributed by atoms with Crippen molar-refractivity contribution in [1.29, 1.82) is 0 Å². The quantitative estimate of drug-likeness (QED) is 0.800. The highest BCUT2D eigenvalue weighted by Crippen LogP contribution is 2.43. The van der Waals surface area contributed by atoms with Crippen molar-refractivity contribution < 1.29 is 0 Å². The molecule has 0 bridgehead atoms. The third-order valence-corrected chi connectivity index (χ3v) is 4.35. The van der Waals surface area contributed by atoms with Crippen molar-refractivity contribution in [3.05, 3.63) is 35.4 Å². The largest absolute Gasteiger partial charge is 0.321 e. The first-order chi connectivity index (χ1) is 7.78. The van der Waals surface area contributed by atoms with Gasteiger partial charge in [0.15, 0.2) is 0 Å². The van der Waals surface area contributed by atoms with Crippen LogP contribution in [0.3, 0.4) is 0 Å². The standard InChI is InChI=1S/C15H21N/c16-15(10-11-15)14-8-6-13(7-9-14)12-4-2-1-3-5-12/h6-9,12H,1-5,10-11,16H2. The zero-order chi connectivity index (χ0) is 11.0. The monoisotopic (exact) mass is 215 g/mol. The molecule has 0 aliphatic heterocycles. The highest BCUT2D eigenvalue weighted by molar-refractivity contribution is 5.33. The second kappa shape index (κ2) is 3.89. The molecule has 1 nitrogen and oxygen atoms in total. The summed E-state index contributed by atoms with van der Waals surface area (Å²) in [5.41, 5.74) is 9.10. The summed E-state index contributed by atoms with van der Waals surface area (Å²) < 4.78 is 0. The molecule has 1 aromatic carbocycles. The van der Waals surface area contributed by atoms with Crippen LogP contribution in [0, 0.1) is 0 Å². The second-order valence-electron chi connectivity index (χ2n) is 5.61. The van der Waals surface area contributed by atoms with E-state index in [0.717, 1.165) is 18.8 Å². The Hall–Kier alpha value is -0.820. The Morgan fingerprint density at radius 1 is 0.938 bits per heavy atom. The maximum Gasteiger partial charge on any atom is 0.0411 e. The lowest BCUT2D eigenvalue weighted by Crippen LogP contribution is -2.18. The maximum atomic E-state index is 6.20. The summed E-state index contributed by atoms with van der Waals surface area (Å²) in [6.07, 6.45) is 9.34. The van der Waals surface area contributed by atoms with Gasteiger partial charge < -0.3 is 5.73 Å². The normalized spacial score (nSPS) is 24.3. The highest BCUT2D eigenvalue weighted by Gasteiger charge is 2.39. The van der Waals surface area contributed by atoms with Crippen LogP contribution < -0.4 is 5.73 Å². The molecule has 0 atom stereocenters. The molecular weight excluding hydrogens is 194 g/mol. The van der Waals surface area contributed by atoms with Crippen LogP contribution >= 0.6 is 0 Å². The first kappa shape index (κ1) is 10.3. The van der Waals surface area contributed by atoms with E-state index in [1.807, 2.05) is 0 Å². The zero-order valence-corrected chi connectivity index (χ0v) is 9.91. The lowest BCUT2D eigenvalue weighted by atomic mass is 9.83. The number of hydrogen-bond acceptors (Lipinski definition) is 1. The summed E-state index contributed by atoms with van der Waals surface area (Å²) in [5.74, 6) is 0.815. The smallest absolute Gasteiger partial charge is 0.0411 e. The summed E-state index contributed by atoms with van der Waals surface area (Å²) in [5, 5.41) is 0. The number of nitrogens with two attached hydrogens (primary N) is 1. The fourth-order valence-electron chi connectivity index (χ4n) is 2.95. The average Bonchev–Trinajstić information content (AvgIpc) is 3.10. The van der Waals surface area contributed by atoms with E-state index in [2.05, 4.69) is 24.3 Å². The Morgan fingerprint density at radius 3 is 2.12 bits per heavy atom. The Labute approximate surface area is 98.0 Å². The molecule has 0 unspecified atom stereocenters. The summed E-state index contributed by atoms with van der Waals surface area (Å²) in [7, 11) is 0. The molecule has 0 saturated heterocycles. The van der Waals surface area contributed by atoms with Gasteiger partial charge in [-0.25, -0.2) is 0 Å². The fourth-order valence-corrected chi connectivity index (χ4v) is 2.95. The van der Waals surface area contributed by atoms with Crippen molar-refractivity contribution in [3.8, 4) is 0 Å². The maximum absolute atomic E-state index is 6.20. The molecule has 0 radical (unpaired) electrons. The van der Waals surface area contributed by atoms with Gasteiger partial charge in [-0.05, 0) is 42.7 Å². The minimum Gasteiger partial charge on any atom is -0.321 e. The first-order valence-electron chi connectivity index (χ1n) is 6.67. The predicted molar refractivity (Wildman–Crippen MR) is 67.4 cm³/mol. The number of rotatable bonds is 2. The predicted octanol–water partition coefficient (Wildman–Crippen LogP) is 3.68. The lowest BCUT2D eigenvalue weighted by molar-refractivity contribution is 0.443. The van der Waals surface area contributed by atoms with Crippen LogP contribution in [-0.2, 0) is 5.54 Å². The van der Waals surface area contributed by atoms with Gasteiger partial charge in [0, 0.05) is 5.54 Å². The molecule has 86 valence electrons. The Balaban J connectivity index is 1.76. The van der Waals surface area contributed by atoms with Gasteiger partial charge in [-0.1, -0.05) is 43.5 Å². The molecule has 0 amide bonds. The molecular formula is C15H21N. The molecule has 2 aliphatic rings. The molecule has 16 heavy (non-hydrogen) atoms. The number of hydrogen-bond donors (Lipinski definition) is 1. The minimum atomic E-state index is 0.0328. The summed E-state index contributed by atoms with van der Waals surface area (Å²) >= 11 is 0. The van der Waals surface area contributed by atoms with Crippen LogP contribution in [0.2, 0.25) is 0 Å². The fraction of sp³-hybridized carbons (Fsp3) is 0.600. The van der Waals surface area contributed by atoms with Crippen molar-refractivity contribution in [2.45, 2.75) is 56.4 Å². The van der Waals surface area contributed by atoms with Crippen molar-refractivity contribution in [2.24, 2.45) is 5.73 Å². The molecule has 3 rings (SSSR count). The van der Waals surface area contributed by atoms with Crippen LogP contribution in [0.5, 0.6) is 0 Å². The van der Waals surface area contributed by atoms with Gasteiger partial charge in [0.2, 0.25) is 0 Å². The Morgan fingerprint density at radius 2 is 1.56 bits per heavy atom. The van der Waals surface area contributed by atoms with Crippen LogP contribution in [0.1, 0.15) is 62.0 Å². The summed E-state index contributed by atoms with van der Waals surface area (Å²) in [4.78, 5) is 0. The van der Waals surface area contributed by atoms with Gasteiger partial charge in [0.05, 0.1) is 0 Å². The lowest BCUT2D eigenvalue weighted by Gasteiger charge is -2.22. The highest BCUT2D eigenvalue weighted by atomic mass is 14.8. The van der Waals surface area contributed by atoms with E-state index in [9.17, 15) is 0 Å². The Bertz CT molecular complexity index is 356. The van der Waals surface area contributed by atoms with E-state index < -0.39 is 0 Å². The van der Waals surface area contributed by atoms with Crippen LogP contribution in [-0.4, -0.2) is 0 Å². The van der Waals surface area contributed by atoms with E-state index in [1.54, 1.807) is 0 Å². The topological polar surface area (TPSA) is 26.0 Å². The van der Waals surface area contributed by atoms with Gasteiger partial charge in [-0.3, -0.25) is 0 Å². The SMILES string of the molecule is NC1(c2ccc(C3CCCCC3)cc2)CC1. The van der Waals surface area contributed by atoms with E-state index >= 15 is 0 Å². The van der Waals surface area contributed by atoms with Gasteiger partial charge in [0.1, 0.15) is 0 Å². The molecule has 2 fully saturated rings. The molecule has 0 aromatic heterocycles. The van der Waals surface area contributed by atoms with Crippen molar-refractivity contribution in [1.82, 2.24) is 0 Å². The second-order valence-corrected chi connectivity index (χ2v) is 5.61. The van der Waals surface area contributed by atoms with Crippen LogP contribution in [0.15, 0.2) is 24.3 Å². The summed E-state index contributed by atoms with van der Waals surface area (Å²) in [6.45, 7) is 0. The van der Waals surface area contributed by atoms with E-state index in [-0.39, 0.29) is 5.54 Å². The number of benzene rings is 1. The summed E-state index contributed by atoms with van der Waals surface area (Å²) in [6, 6.07) is 9.16. The van der Waals surface area contributed by atoms with Gasteiger partial charge in [-0.15, -0.1) is 0 Å². The van der Waals surface area contributed by atoms with Gasteiger partial charge in [-0.2, -0.15) is 0 Å². The molecule has 0 heterocycles. The average molecular weight is 215 g/mol. The molecule has 0 spiro atoms. The van der Waals surface area contributed by atoms with Crippen molar-refractivity contribution in [2.75, 3.05) is 0 Å². The first-order valence-corrected chi connectivity index (χ1v) is 6.67. The molecule has 2 aliphatic carbocycles.